The Morgan fingerprint density at radius 2 is 1.89 bits per heavy atom. The van der Waals surface area contributed by atoms with Crippen molar-refractivity contribution in [1.82, 2.24) is 5.32 Å². The van der Waals surface area contributed by atoms with Gasteiger partial charge in [-0.25, -0.2) is 0 Å². The van der Waals surface area contributed by atoms with Gasteiger partial charge in [0.15, 0.2) is 0 Å². The van der Waals surface area contributed by atoms with Gasteiger partial charge in [-0.15, -0.1) is 0 Å². The van der Waals surface area contributed by atoms with Gasteiger partial charge >= 0.3 is 5.97 Å². The number of carbonyl (C=O) groups is 1. The molecule has 0 saturated carbocycles. The number of hydrogen-bond donors (Lipinski definition) is 1. The van der Waals surface area contributed by atoms with E-state index >= 15 is 0 Å². The van der Waals surface area contributed by atoms with Crippen LogP contribution in [0.15, 0.2) is 24.3 Å². The molecule has 100 valence electrons. The third-order valence-electron chi connectivity index (χ3n) is 3.01. The van der Waals surface area contributed by atoms with E-state index in [1.807, 2.05) is 13.8 Å². The molecule has 18 heavy (non-hydrogen) atoms. The molecule has 3 nitrogen and oxygen atoms in total. The Kier molecular flexibility index (Phi) is 5.86. The topological polar surface area (TPSA) is 38.3 Å². The molecule has 1 N–H and O–H groups in total. The fraction of sp³-hybridized carbons (Fsp3) is 0.533. The summed E-state index contributed by atoms with van der Waals surface area (Å²) in [5.41, 5.74) is 2.42. The molecule has 1 aromatic rings. The van der Waals surface area contributed by atoms with Crippen LogP contribution >= 0.6 is 0 Å². The van der Waals surface area contributed by atoms with Gasteiger partial charge in [0.25, 0.3) is 0 Å². The van der Waals surface area contributed by atoms with Crippen LogP contribution in [-0.2, 0) is 9.53 Å². The smallest absolute Gasteiger partial charge is 0.323 e. The van der Waals surface area contributed by atoms with Crippen molar-refractivity contribution in [2.75, 3.05) is 6.61 Å². The fourth-order valence-electron chi connectivity index (χ4n) is 1.85. The molecule has 0 heterocycles. The summed E-state index contributed by atoms with van der Waals surface area (Å²) in [6.07, 6.45) is 0.731. The van der Waals surface area contributed by atoms with Gasteiger partial charge in [0.1, 0.15) is 6.04 Å². The minimum absolute atomic E-state index is 0.139. The van der Waals surface area contributed by atoms with E-state index in [9.17, 15) is 4.79 Å². The van der Waals surface area contributed by atoms with Crippen molar-refractivity contribution in [3.8, 4) is 0 Å². The number of benzene rings is 1. The summed E-state index contributed by atoms with van der Waals surface area (Å²) in [6.45, 7) is 8.36. The van der Waals surface area contributed by atoms with Crippen LogP contribution in [0.2, 0.25) is 0 Å². The molecule has 0 aliphatic rings. The minimum Gasteiger partial charge on any atom is -0.465 e. The zero-order valence-electron chi connectivity index (χ0n) is 11.7. The second-order valence-electron chi connectivity index (χ2n) is 4.51. The molecule has 0 amide bonds. The number of hydrogen-bond acceptors (Lipinski definition) is 3. The number of carbonyl (C=O) groups excluding carboxylic acids is 1. The van der Waals surface area contributed by atoms with Crippen molar-refractivity contribution in [2.24, 2.45) is 0 Å². The summed E-state index contributed by atoms with van der Waals surface area (Å²) in [7, 11) is 0. The quantitative estimate of drug-likeness (QED) is 0.788. The molecule has 0 radical (unpaired) electrons. The Balaban J connectivity index is 2.64. The molecule has 0 aliphatic heterocycles. The van der Waals surface area contributed by atoms with Crippen LogP contribution in [0.1, 0.15) is 44.4 Å². The summed E-state index contributed by atoms with van der Waals surface area (Å²) in [4.78, 5) is 11.7. The van der Waals surface area contributed by atoms with Crippen molar-refractivity contribution < 1.29 is 9.53 Å². The van der Waals surface area contributed by atoms with Gasteiger partial charge in [0.2, 0.25) is 0 Å². The number of nitrogens with one attached hydrogen (secondary N) is 1. The second-order valence-corrected chi connectivity index (χ2v) is 4.51. The fourth-order valence-corrected chi connectivity index (χ4v) is 1.85. The van der Waals surface area contributed by atoms with E-state index in [1.165, 1.54) is 11.1 Å². The maximum Gasteiger partial charge on any atom is 0.323 e. The average molecular weight is 249 g/mol. The lowest BCUT2D eigenvalue weighted by Crippen LogP contribution is -2.39. The zero-order valence-corrected chi connectivity index (χ0v) is 11.7. The van der Waals surface area contributed by atoms with Gasteiger partial charge < -0.3 is 4.74 Å². The average Bonchev–Trinajstić information content (AvgIpc) is 2.36. The second kappa shape index (κ2) is 7.17. The van der Waals surface area contributed by atoms with Crippen molar-refractivity contribution in [3.63, 3.8) is 0 Å². The normalized spacial score (nSPS) is 14.0. The van der Waals surface area contributed by atoms with Crippen LogP contribution in [0.5, 0.6) is 0 Å². The minimum atomic E-state index is -0.235. The van der Waals surface area contributed by atoms with Crippen molar-refractivity contribution >= 4 is 5.97 Å². The molecule has 1 rings (SSSR count). The van der Waals surface area contributed by atoms with E-state index in [2.05, 4.69) is 43.4 Å². The third kappa shape index (κ3) is 4.15. The lowest BCUT2D eigenvalue weighted by atomic mass is 10.1. The van der Waals surface area contributed by atoms with E-state index in [0.717, 1.165) is 6.42 Å². The first-order chi connectivity index (χ1) is 8.58. The monoisotopic (exact) mass is 249 g/mol. The van der Waals surface area contributed by atoms with Crippen molar-refractivity contribution in [1.29, 1.82) is 0 Å². The van der Waals surface area contributed by atoms with Gasteiger partial charge in [0, 0.05) is 6.04 Å². The predicted molar refractivity (Wildman–Crippen MR) is 73.4 cm³/mol. The number of ether oxygens (including phenoxy) is 1. The molecule has 1 unspecified atom stereocenters. The van der Waals surface area contributed by atoms with E-state index in [4.69, 9.17) is 4.74 Å². The van der Waals surface area contributed by atoms with Gasteiger partial charge in [-0.1, -0.05) is 36.8 Å². The number of rotatable bonds is 6. The van der Waals surface area contributed by atoms with E-state index in [0.29, 0.717) is 6.61 Å². The standard InChI is InChI=1S/C15H23NO2/c1-5-14(15(17)18-6-2)16-12(4)13-9-7-11(3)8-10-13/h7-10,12,14,16H,5-6H2,1-4H3/t12-,14?/m1/s1. The van der Waals surface area contributed by atoms with Gasteiger partial charge in [-0.2, -0.15) is 0 Å². The largest absolute Gasteiger partial charge is 0.465 e. The van der Waals surface area contributed by atoms with Crippen LogP contribution in [0.25, 0.3) is 0 Å². The highest BCUT2D eigenvalue weighted by Gasteiger charge is 2.19. The van der Waals surface area contributed by atoms with E-state index in [-0.39, 0.29) is 18.1 Å². The molecule has 0 fully saturated rings. The molecule has 0 bridgehead atoms. The summed E-state index contributed by atoms with van der Waals surface area (Å²) in [5, 5.41) is 3.31. The molecular formula is C15H23NO2. The summed E-state index contributed by atoms with van der Waals surface area (Å²) >= 11 is 0. The highest BCUT2D eigenvalue weighted by Crippen LogP contribution is 2.14. The molecular weight excluding hydrogens is 226 g/mol. The van der Waals surface area contributed by atoms with Crippen LogP contribution in [0.3, 0.4) is 0 Å². The highest BCUT2D eigenvalue weighted by molar-refractivity contribution is 5.75. The molecule has 0 saturated heterocycles. The Hall–Kier alpha value is -1.35. The van der Waals surface area contributed by atoms with Crippen LogP contribution in [-0.4, -0.2) is 18.6 Å². The first-order valence-corrected chi connectivity index (χ1v) is 6.57. The van der Waals surface area contributed by atoms with Crippen LogP contribution in [0, 0.1) is 6.92 Å². The predicted octanol–water partition coefficient (Wildman–Crippen LogP) is 2.99. The molecule has 0 spiro atoms. The SMILES string of the molecule is CCOC(=O)C(CC)N[C@H](C)c1ccc(C)cc1. The lowest BCUT2D eigenvalue weighted by Gasteiger charge is -2.21. The van der Waals surface area contributed by atoms with Crippen LogP contribution in [0.4, 0.5) is 0 Å². The van der Waals surface area contributed by atoms with Crippen LogP contribution < -0.4 is 5.32 Å². The van der Waals surface area contributed by atoms with Gasteiger partial charge in [-0.3, -0.25) is 10.1 Å². The lowest BCUT2D eigenvalue weighted by molar-refractivity contribution is -0.145. The summed E-state index contributed by atoms with van der Waals surface area (Å²) < 4.78 is 5.05. The number of esters is 1. The maximum absolute atomic E-state index is 11.7. The third-order valence-corrected chi connectivity index (χ3v) is 3.01. The van der Waals surface area contributed by atoms with E-state index in [1.54, 1.807) is 0 Å². The van der Waals surface area contributed by atoms with Crippen molar-refractivity contribution in [2.45, 2.75) is 46.2 Å². The summed E-state index contributed by atoms with van der Waals surface area (Å²) in [6, 6.07) is 8.24. The Morgan fingerprint density at radius 1 is 1.28 bits per heavy atom. The van der Waals surface area contributed by atoms with Gasteiger partial charge in [-0.05, 0) is 32.8 Å². The van der Waals surface area contributed by atoms with E-state index < -0.39 is 0 Å². The van der Waals surface area contributed by atoms with Gasteiger partial charge in [0.05, 0.1) is 6.61 Å². The molecule has 3 heteroatoms. The maximum atomic E-state index is 11.7. The Labute approximate surface area is 110 Å². The highest BCUT2D eigenvalue weighted by atomic mass is 16.5. The zero-order chi connectivity index (χ0) is 13.5. The molecule has 1 aromatic carbocycles. The Morgan fingerprint density at radius 3 is 2.39 bits per heavy atom. The molecule has 0 aliphatic carbocycles. The number of aryl methyl sites for hydroxylation is 1. The van der Waals surface area contributed by atoms with Crippen molar-refractivity contribution in [3.05, 3.63) is 35.4 Å². The first-order valence-electron chi connectivity index (χ1n) is 6.57. The first kappa shape index (κ1) is 14.7. The molecule has 0 aromatic heterocycles. The Bertz CT molecular complexity index is 373. The summed E-state index contributed by atoms with van der Waals surface area (Å²) in [5.74, 6) is -0.168. The molecule has 2 atom stereocenters.